The molecule has 0 saturated carbocycles. The molecule has 25 heavy (non-hydrogen) atoms. The fourth-order valence-corrected chi connectivity index (χ4v) is 5.09. The lowest BCUT2D eigenvalue weighted by molar-refractivity contribution is -0.385. The number of allylic oxidation sites excluding steroid dienone is 4. The van der Waals surface area contributed by atoms with Crippen LogP contribution >= 0.6 is 11.8 Å². The Bertz CT molecular complexity index is 908. The third kappa shape index (κ3) is 2.56. The summed E-state index contributed by atoms with van der Waals surface area (Å²) in [6.07, 6.45) is 8.56. The van der Waals surface area contributed by atoms with Crippen molar-refractivity contribution >= 4 is 23.2 Å². The maximum atomic E-state index is 12.6. The number of hydrogen-bond acceptors (Lipinski definition) is 5. The summed E-state index contributed by atoms with van der Waals surface area (Å²) in [7, 11) is 0. The molecule has 126 valence electrons. The number of rotatable bonds is 2. The molecule has 1 aromatic rings. The first-order chi connectivity index (χ1) is 12.1. The molecule has 1 aliphatic carbocycles. The Kier molecular flexibility index (Phi) is 3.89. The average molecular weight is 352 g/mol. The van der Waals surface area contributed by atoms with Crippen LogP contribution in [-0.2, 0) is 4.79 Å². The van der Waals surface area contributed by atoms with Gasteiger partial charge < -0.3 is 5.32 Å². The highest BCUT2D eigenvalue weighted by molar-refractivity contribution is 8.03. The molecule has 0 fully saturated rings. The van der Waals surface area contributed by atoms with Crippen molar-refractivity contribution in [1.82, 2.24) is 5.32 Å². The SMILES string of the molecule is C#Cc1ccc(C2C3=C(CCS3)NC3=C2C(=O)CCC3)cc1[N+](=O)[O-]. The van der Waals surface area contributed by atoms with Crippen LogP contribution in [0, 0.1) is 22.5 Å². The number of Topliss-reactive ketones (excluding diaryl/α,β-unsaturated/α-hetero) is 1. The Hall–Kier alpha value is -2.52. The van der Waals surface area contributed by atoms with Crippen LogP contribution in [0.15, 0.2) is 40.1 Å². The molecule has 0 amide bonds. The van der Waals surface area contributed by atoms with Gasteiger partial charge in [-0.2, -0.15) is 0 Å². The smallest absolute Gasteiger partial charge is 0.285 e. The summed E-state index contributed by atoms with van der Waals surface area (Å²) in [6, 6.07) is 4.98. The van der Waals surface area contributed by atoms with E-state index in [-0.39, 0.29) is 23.0 Å². The van der Waals surface area contributed by atoms with Gasteiger partial charge in [0, 0.05) is 46.0 Å². The van der Waals surface area contributed by atoms with Crippen molar-refractivity contribution in [3.8, 4) is 12.3 Å². The van der Waals surface area contributed by atoms with E-state index < -0.39 is 4.92 Å². The van der Waals surface area contributed by atoms with Crippen LogP contribution < -0.4 is 5.32 Å². The van der Waals surface area contributed by atoms with E-state index in [4.69, 9.17) is 6.42 Å². The molecule has 0 radical (unpaired) electrons. The van der Waals surface area contributed by atoms with Gasteiger partial charge in [0.15, 0.2) is 5.78 Å². The van der Waals surface area contributed by atoms with E-state index >= 15 is 0 Å². The number of nitro groups is 1. The summed E-state index contributed by atoms with van der Waals surface area (Å²) in [5.41, 5.74) is 3.89. The molecule has 1 N–H and O–H groups in total. The number of nitro benzene ring substituents is 1. The first-order valence-electron chi connectivity index (χ1n) is 8.24. The highest BCUT2D eigenvalue weighted by Gasteiger charge is 2.39. The van der Waals surface area contributed by atoms with Crippen molar-refractivity contribution in [2.45, 2.75) is 31.6 Å². The van der Waals surface area contributed by atoms with Gasteiger partial charge in [0.1, 0.15) is 5.56 Å². The summed E-state index contributed by atoms with van der Waals surface area (Å²) in [6.45, 7) is 0. The van der Waals surface area contributed by atoms with Crippen molar-refractivity contribution in [2.75, 3.05) is 5.75 Å². The first kappa shape index (κ1) is 16.0. The zero-order chi connectivity index (χ0) is 17.6. The maximum absolute atomic E-state index is 12.6. The summed E-state index contributed by atoms with van der Waals surface area (Å²) < 4.78 is 0. The lowest BCUT2D eigenvalue weighted by atomic mass is 9.79. The van der Waals surface area contributed by atoms with Crippen LogP contribution in [-0.4, -0.2) is 16.5 Å². The predicted molar refractivity (Wildman–Crippen MR) is 96.9 cm³/mol. The lowest BCUT2D eigenvalue weighted by Gasteiger charge is -2.33. The minimum atomic E-state index is -0.450. The van der Waals surface area contributed by atoms with Crippen molar-refractivity contribution in [3.63, 3.8) is 0 Å². The normalized spacial score (nSPS) is 22.2. The van der Waals surface area contributed by atoms with Gasteiger partial charge in [-0.3, -0.25) is 14.9 Å². The van der Waals surface area contributed by atoms with Crippen LogP contribution in [0.2, 0.25) is 0 Å². The molecular formula is C19H16N2O3S. The molecule has 5 nitrogen and oxygen atoms in total. The second-order valence-corrected chi connectivity index (χ2v) is 7.48. The standard InChI is InChI=1S/C19H16N2O3S/c1-2-11-6-7-12(10-15(11)21(23)24)17-18-13(4-3-5-16(18)22)20-14-8-9-25-19(14)17/h1,6-7,10,17,20H,3-5,8-9H2. The van der Waals surface area contributed by atoms with Crippen molar-refractivity contribution in [2.24, 2.45) is 0 Å². The third-order valence-electron chi connectivity index (χ3n) is 4.92. The molecule has 3 aliphatic rings. The van der Waals surface area contributed by atoms with E-state index in [1.165, 1.54) is 0 Å². The highest BCUT2D eigenvalue weighted by Crippen LogP contribution is 2.50. The van der Waals surface area contributed by atoms with Crippen LogP contribution in [0.3, 0.4) is 0 Å². The van der Waals surface area contributed by atoms with Crippen LogP contribution in [0.25, 0.3) is 0 Å². The van der Waals surface area contributed by atoms with Gasteiger partial charge in [0.05, 0.1) is 4.92 Å². The molecule has 0 spiro atoms. The number of benzene rings is 1. The molecule has 0 aromatic heterocycles. The van der Waals surface area contributed by atoms with E-state index in [0.29, 0.717) is 6.42 Å². The Balaban J connectivity index is 1.89. The zero-order valence-electron chi connectivity index (χ0n) is 13.5. The second-order valence-electron chi connectivity index (χ2n) is 6.35. The van der Waals surface area contributed by atoms with Crippen LogP contribution in [0.1, 0.15) is 42.7 Å². The van der Waals surface area contributed by atoms with E-state index in [2.05, 4.69) is 11.2 Å². The molecule has 0 saturated heterocycles. The van der Waals surface area contributed by atoms with Gasteiger partial charge in [0.25, 0.3) is 5.69 Å². The highest BCUT2D eigenvalue weighted by atomic mass is 32.2. The quantitative estimate of drug-likeness (QED) is 0.500. The van der Waals surface area contributed by atoms with Gasteiger partial charge in [0.2, 0.25) is 0 Å². The summed E-state index contributed by atoms with van der Waals surface area (Å²) in [4.78, 5) is 24.7. The van der Waals surface area contributed by atoms with Crippen molar-refractivity contribution in [3.05, 3.63) is 61.3 Å². The topological polar surface area (TPSA) is 72.2 Å². The first-order valence-corrected chi connectivity index (χ1v) is 9.22. The van der Waals surface area contributed by atoms with Crippen molar-refractivity contribution < 1.29 is 9.72 Å². The van der Waals surface area contributed by atoms with Gasteiger partial charge >= 0.3 is 0 Å². The summed E-state index contributed by atoms with van der Waals surface area (Å²) in [5.74, 6) is 3.26. The van der Waals surface area contributed by atoms with Gasteiger partial charge in [-0.1, -0.05) is 12.0 Å². The lowest BCUT2D eigenvalue weighted by Crippen LogP contribution is -2.30. The minimum absolute atomic E-state index is 0.0749. The Morgan fingerprint density at radius 1 is 1.28 bits per heavy atom. The number of nitrogens with zero attached hydrogens (tertiary/aromatic N) is 1. The molecule has 1 atom stereocenters. The molecule has 0 bridgehead atoms. The van der Waals surface area contributed by atoms with E-state index in [0.717, 1.165) is 52.5 Å². The molecule has 2 heterocycles. The summed E-state index contributed by atoms with van der Waals surface area (Å²) >= 11 is 1.73. The fourth-order valence-electron chi connectivity index (χ4n) is 3.82. The number of nitrogens with one attached hydrogen (secondary N) is 1. The van der Waals surface area contributed by atoms with Gasteiger partial charge in [-0.15, -0.1) is 18.2 Å². The summed E-state index contributed by atoms with van der Waals surface area (Å²) in [5, 5.41) is 14.9. The average Bonchev–Trinajstić information content (AvgIpc) is 3.07. The molecule has 1 unspecified atom stereocenters. The van der Waals surface area contributed by atoms with Gasteiger partial charge in [-0.05, 0) is 30.9 Å². The monoisotopic (exact) mass is 352 g/mol. The van der Waals surface area contributed by atoms with Crippen LogP contribution in [0.4, 0.5) is 5.69 Å². The Morgan fingerprint density at radius 2 is 2.12 bits per heavy atom. The largest absolute Gasteiger partial charge is 0.361 e. The van der Waals surface area contributed by atoms with E-state index in [1.807, 2.05) is 6.07 Å². The fraction of sp³-hybridized carbons (Fsp3) is 0.316. The van der Waals surface area contributed by atoms with E-state index in [9.17, 15) is 14.9 Å². The number of terminal acetylenes is 1. The zero-order valence-corrected chi connectivity index (χ0v) is 14.3. The molecular weight excluding hydrogens is 336 g/mol. The Morgan fingerprint density at radius 3 is 2.88 bits per heavy atom. The number of carbonyl (C=O) groups excluding carboxylic acids is 1. The molecule has 6 heteroatoms. The van der Waals surface area contributed by atoms with E-state index in [1.54, 1.807) is 23.9 Å². The van der Waals surface area contributed by atoms with Crippen molar-refractivity contribution in [1.29, 1.82) is 0 Å². The second kappa shape index (κ2) is 6.08. The molecule has 4 rings (SSSR count). The number of thioether (sulfide) groups is 1. The number of dihydropyridines is 1. The molecule has 1 aromatic carbocycles. The molecule has 2 aliphatic heterocycles. The predicted octanol–water partition coefficient (Wildman–Crippen LogP) is 3.62. The number of hydrogen-bond donors (Lipinski definition) is 1. The maximum Gasteiger partial charge on any atom is 0.285 e. The number of ketones is 1. The number of carbonyl (C=O) groups is 1. The van der Waals surface area contributed by atoms with Gasteiger partial charge in [-0.25, -0.2) is 0 Å². The van der Waals surface area contributed by atoms with Crippen LogP contribution in [0.5, 0.6) is 0 Å². The Labute approximate surface area is 149 Å². The third-order valence-corrected chi connectivity index (χ3v) is 6.12. The minimum Gasteiger partial charge on any atom is -0.361 e.